The zero-order chi connectivity index (χ0) is 31.4. The van der Waals surface area contributed by atoms with Crippen LogP contribution in [0.15, 0.2) is 6.07 Å². The van der Waals surface area contributed by atoms with E-state index < -0.39 is 64.4 Å². The number of carbonyl (C=O) groups excluding carboxylic acids is 5. The van der Waals surface area contributed by atoms with Gasteiger partial charge in [0.15, 0.2) is 34.7 Å². The van der Waals surface area contributed by atoms with Gasteiger partial charge >= 0.3 is 0 Å². The highest BCUT2D eigenvalue weighted by Crippen LogP contribution is 2.52. The van der Waals surface area contributed by atoms with E-state index in [0.29, 0.717) is 23.4 Å². The zero-order valence-corrected chi connectivity index (χ0v) is 25.3. The summed E-state index contributed by atoms with van der Waals surface area (Å²) in [7, 11) is 4.62. The number of carbonyl (C=O) groups is 5. The molecule has 6 atom stereocenters. The maximum absolute atomic E-state index is 14.0. The van der Waals surface area contributed by atoms with Crippen molar-refractivity contribution in [1.82, 2.24) is 14.7 Å². The van der Waals surface area contributed by atoms with Gasteiger partial charge in [-0.2, -0.15) is 0 Å². The molecule has 43 heavy (non-hydrogen) atoms. The number of nitrogens with zero attached hydrogens (tertiary/aromatic N) is 3. The van der Waals surface area contributed by atoms with E-state index in [2.05, 4.69) is 16.7 Å². The number of fused-ring (bicyclic) bond motifs is 3. The highest BCUT2D eigenvalue weighted by molar-refractivity contribution is 6.32. The molecule has 1 amide bonds. The van der Waals surface area contributed by atoms with Gasteiger partial charge in [-0.1, -0.05) is 6.92 Å². The van der Waals surface area contributed by atoms with Crippen LogP contribution in [0, 0.1) is 23.7 Å². The molecule has 0 spiro atoms. The molecule has 0 aromatic heterocycles. The Morgan fingerprint density at radius 2 is 1.84 bits per heavy atom. The van der Waals surface area contributed by atoms with E-state index in [4.69, 9.17) is 10.5 Å². The van der Waals surface area contributed by atoms with Crippen molar-refractivity contribution in [2.45, 2.75) is 50.8 Å². The van der Waals surface area contributed by atoms with E-state index >= 15 is 0 Å². The van der Waals surface area contributed by atoms with Crippen LogP contribution in [0.2, 0.25) is 0 Å². The second-order valence-corrected chi connectivity index (χ2v) is 12.6. The van der Waals surface area contributed by atoms with Crippen LogP contribution in [-0.2, 0) is 32.1 Å². The minimum Gasteiger partial charge on any atom is -0.507 e. The summed E-state index contributed by atoms with van der Waals surface area (Å²) in [6, 6.07) is 0.353. The highest BCUT2D eigenvalue weighted by Gasteiger charge is 2.69. The number of phenolic OH excluding ortho intramolecular Hbond substituents is 1. The Morgan fingerprint density at radius 3 is 2.42 bits per heavy atom. The van der Waals surface area contributed by atoms with Crippen molar-refractivity contribution in [3.8, 4) is 11.5 Å². The topological polar surface area (TPSA) is 171 Å². The normalized spacial score (nSPS) is 30.9. The summed E-state index contributed by atoms with van der Waals surface area (Å²) < 4.78 is 5.83. The van der Waals surface area contributed by atoms with Crippen LogP contribution < -0.4 is 10.5 Å². The largest absolute Gasteiger partial charge is 0.507 e. The number of ether oxygens (including phenoxy) is 1. The fourth-order valence-electron chi connectivity index (χ4n) is 7.97. The SMILES string of the molecule is CCN(CCN1CCCC1)Cc1cc(O)c2c(c1OC)C[C@H]1C[C@H]3[C@H](N(C)C)C(=O)C(C(N)=O)C(=O)[C@@]3(O)C(=O)C1C2=O. The molecule has 3 fully saturated rings. The number of likely N-dealkylation sites (N-methyl/N-ethyl adjacent to an activating group) is 2. The summed E-state index contributed by atoms with van der Waals surface area (Å²) in [6.07, 6.45) is 2.57. The second kappa shape index (κ2) is 11.7. The van der Waals surface area contributed by atoms with Crippen molar-refractivity contribution in [3.63, 3.8) is 0 Å². The van der Waals surface area contributed by atoms with Gasteiger partial charge in [0, 0.05) is 36.7 Å². The molecular weight excluding hydrogens is 556 g/mol. The molecule has 0 bridgehead atoms. The molecule has 5 rings (SSSR count). The number of phenols is 1. The van der Waals surface area contributed by atoms with Crippen molar-refractivity contribution in [3.05, 3.63) is 22.8 Å². The molecule has 4 N–H and O–H groups in total. The Morgan fingerprint density at radius 1 is 1.16 bits per heavy atom. The lowest BCUT2D eigenvalue weighted by Crippen LogP contribution is -2.74. The standard InChI is InChI=1S/C31H42N4O8/c1-5-34(10-11-35-8-6-7-9-35)15-17-14-20(36)22-18(27(17)43-4)12-16-13-19-24(33(2)3)26(38)23(30(32)41)29(40)31(19,42)28(39)21(16)25(22)37/h14,16,19,21,23-24,36,42H,5-13,15H2,1-4H3,(H2,32,41)/t16-,19-,21?,23?,24-,31-/m0/s1. The summed E-state index contributed by atoms with van der Waals surface area (Å²) in [4.78, 5) is 73.0. The Bertz CT molecular complexity index is 1360. The molecule has 1 aromatic carbocycles. The summed E-state index contributed by atoms with van der Waals surface area (Å²) >= 11 is 0. The Balaban J connectivity index is 1.51. The molecule has 234 valence electrons. The molecule has 1 aromatic rings. The molecule has 1 aliphatic heterocycles. The van der Waals surface area contributed by atoms with Crippen molar-refractivity contribution < 1.29 is 38.9 Å². The van der Waals surface area contributed by atoms with Gasteiger partial charge in [0.2, 0.25) is 5.91 Å². The van der Waals surface area contributed by atoms with Gasteiger partial charge < -0.3 is 25.6 Å². The number of likely N-dealkylation sites (tertiary alicyclic amines) is 1. The van der Waals surface area contributed by atoms with Crippen LogP contribution in [-0.4, -0.2) is 120 Å². The maximum atomic E-state index is 14.0. The van der Waals surface area contributed by atoms with Crippen LogP contribution in [0.3, 0.4) is 0 Å². The predicted octanol–water partition coefficient (Wildman–Crippen LogP) is -0.207. The minimum atomic E-state index is -2.74. The number of nitrogens with two attached hydrogens (primary N) is 1. The Labute approximate surface area is 251 Å². The predicted molar refractivity (Wildman–Crippen MR) is 155 cm³/mol. The summed E-state index contributed by atoms with van der Waals surface area (Å²) in [5.41, 5.74) is 3.76. The third-order valence-corrected chi connectivity index (χ3v) is 10.1. The Hall–Kier alpha value is -3.19. The van der Waals surface area contributed by atoms with E-state index in [1.807, 2.05) is 0 Å². The lowest BCUT2D eigenvalue weighted by molar-refractivity contribution is -0.181. The van der Waals surface area contributed by atoms with Gasteiger partial charge in [-0.3, -0.25) is 33.8 Å². The fraction of sp³-hybridized carbons (Fsp3) is 0.645. The quantitative estimate of drug-likeness (QED) is 0.322. The monoisotopic (exact) mass is 598 g/mol. The van der Waals surface area contributed by atoms with Crippen LogP contribution in [0.1, 0.15) is 47.7 Å². The Kier molecular flexibility index (Phi) is 8.51. The maximum Gasteiger partial charge on any atom is 0.235 e. The molecule has 12 nitrogen and oxygen atoms in total. The van der Waals surface area contributed by atoms with Crippen molar-refractivity contribution in [2.75, 3.05) is 53.9 Å². The molecule has 4 aliphatic rings. The number of primary amides is 1. The van der Waals surface area contributed by atoms with Crippen LogP contribution in [0.5, 0.6) is 11.5 Å². The van der Waals surface area contributed by atoms with E-state index in [-0.39, 0.29) is 24.2 Å². The molecule has 2 unspecified atom stereocenters. The number of hydrogen-bond acceptors (Lipinski definition) is 11. The number of rotatable bonds is 9. The molecule has 0 radical (unpaired) electrons. The number of benzene rings is 1. The number of hydrogen-bond donors (Lipinski definition) is 3. The number of amides is 1. The highest BCUT2D eigenvalue weighted by atomic mass is 16.5. The van der Waals surface area contributed by atoms with Gasteiger partial charge in [0.1, 0.15) is 11.5 Å². The molecule has 1 saturated heterocycles. The van der Waals surface area contributed by atoms with Gasteiger partial charge in [-0.25, -0.2) is 0 Å². The minimum absolute atomic E-state index is 0.00500. The molecule has 12 heteroatoms. The summed E-state index contributed by atoms with van der Waals surface area (Å²) in [6.45, 7) is 7.27. The zero-order valence-electron chi connectivity index (χ0n) is 25.3. The van der Waals surface area contributed by atoms with Crippen molar-refractivity contribution in [1.29, 1.82) is 0 Å². The van der Waals surface area contributed by atoms with E-state index in [1.54, 1.807) is 14.1 Å². The van der Waals surface area contributed by atoms with E-state index in [9.17, 15) is 34.2 Å². The third kappa shape index (κ3) is 4.98. The number of methoxy groups -OCH3 is 1. The molecular formula is C31H42N4O8. The average Bonchev–Trinajstić information content (AvgIpc) is 3.46. The van der Waals surface area contributed by atoms with E-state index in [1.165, 1.54) is 30.9 Å². The first-order valence-corrected chi connectivity index (χ1v) is 15.1. The smallest absolute Gasteiger partial charge is 0.235 e. The average molecular weight is 599 g/mol. The summed E-state index contributed by atoms with van der Waals surface area (Å²) in [5, 5.41) is 22.9. The lowest BCUT2D eigenvalue weighted by Gasteiger charge is -2.52. The van der Waals surface area contributed by atoms with Gasteiger partial charge in [-0.15, -0.1) is 0 Å². The van der Waals surface area contributed by atoms with Gasteiger partial charge in [0.05, 0.1) is 24.6 Å². The molecule has 2 saturated carbocycles. The van der Waals surface area contributed by atoms with Crippen molar-refractivity contribution >= 4 is 29.0 Å². The van der Waals surface area contributed by atoms with Crippen molar-refractivity contribution in [2.24, 2.45) is 29.4 Å². The number of aromatic hydroxyl groups is 1. The number of ketones is 4. The van der Waals surface area contributed by atoms with Gasteiger partial charge in [0.25, 0.3) is 0 Å². The lowest BCUT2D eigenvalue weighted by atomic mass is 9.52. The van der Waals surface area contributed by atoms with Crippen LogP contribution in [0.4, 0.5) is 0 Å². The number of aliphatic hydroxyl groups is 1. The van der Waals surface area contributed by atoms with E-state index in [0.717, 1.165) is 32.7 Å². The third-order valence-electron chi connectivity index (χ3n) is 10.1. The first-order chi connectivity index (χ1) is 20.4. The molecule has 3 aliphatic carbocycles. The fourth-order valence-corrected chi connectivity index (χ4v) is 7.97. The van der Waals surface area contributed by atoms with Crippen LogP contribution >= 0.6 is 0 Å². The van der Waals surface area contributed by atoms with Gasteiger partial charge in [-0.05, 0) is 71.4 Å². The summed E-state index contributed by atoms with van der Waals surface area (Å²) in [5.74, 6) is -10.2. The first kappa shape index (κ1) is 31.2. The number of Topliss-reactive ketones (excluding diaryl/α,β-unsaturated/α-hetero) is 4. The van der Waals surface area contributed by atoms with Crippen LogP contribution in [0.25, 0.3) is 0 Å². The first-order valence-electron chi connectivity index (χ1n) is 15.1. The molecule has 1 heterocycles. The second-order valence-electron chi connectivity index (χ2n) is 12.6.